The van der Waals surface area contributed by atoms with Crippen LogP contribution in [0.15, 0.2) is 18.2 Å². The molecule has 0 unspecified atom stereocenters. The SMILES string of the molecule is Cc1ccc(CNC(=O)CC(C)(C)C(=O)O)c(OCC2CC2)c1. The van der Waals surface area contributed by atoms with Gasteiger partial charge in [0, 0.05) is 18.5 Å². The van der Waals surface area contributed by atoms with E-state index in [4.69, 9.17) is 9.84 Å². The van der Waals surface area contributed by atoms with Crippen molar-refractivity contribution in [2.75, 3.05) is 6.61 Å². The van der Waals surface area contributed by atoms with Crippen LogP contribution in [0.5, 0.6) is 5.75 Å². The molecule has 1 amide bonds. The first-order valence-electron chi connectivity index (χ1n) is 8.00. The second kappa shape index (κ2) is 7.02. The van der Waals surface area contributed by atoms with Crippen LogP contribution in [0.4, 0.5) is 0 Å². The molecule has 0 spiro atoms. The maximum absolute atomic E-state index is 12.0. The van der Waals surface area contributed by atoms with Crippen LogP contribution in [0.2, 0.25) is 0 Å². The lowest BCUT2D eigenvalue weighted by molar-refractivity contribution is -0.149. The molecular weight excluding hydrogens is 294 g/mol. The maximum atomic E-state index is 12.0. The van der Waals surface area contributed by atoms with Gasteiger partial charge in [-0.1, -0.05) is 12.1 Å². The van der Waals surface area contributed by atoms with Crippen molar-refractivity contribution in [2.45, 2.75) is 46.6 Å². The van der Waals surface area contributed by atoms with Gasteiger partial charge in [0.25, 0.3) is 0 Å². The lowest BCUT2D eigenvalue weighted by Crippen LogP contribution is -2.33. The van der Waals surface area contributed by atoms with E-state index in [2.05, 4.69) is 5.32 Å². The Morgan fingerprint density at radius 2 is 2.04 bits per heavy atom. The lowest BCUT2D eigenvalue weighted by atomic mass is 9.89. The molecule has 1 aromatic rings. The van der Waals surface area contributed by atoms with Crippen LogP contribution >= 0.6 is 0 Å². The molecule has 0 radical (unpaired) electrons. The Hall–Kier alpha value is -2.04. The highest BCUT2D eigenvalue weighted by Gasteiger charge is 2.30. The first kappa shape index (κ1) is 17.3. The number of carboxylic acid groups (broad SMARTS) is 1. The molecule has 126 valence electrons. The van der Waals surface area contributed by atoms with Gasteiger partial charge in [-0.2, -0.15) is 0 Å². The Morgan fingerprint density at radius 3 is 2.65 bits per heavy atom. The van der Waals surface area contributed by atoms with E-state index in [1.165, 1.54) is 12.8 Å². The minimum absolute atomic E-state index is 0.0491. The average molecular weight is 319 g/mol. The molecular formula is C18H25NO4. The molecule has 0 aromatic heterocycles. The summed E-state index contributed by atoms with van der Waals surface area (Å²) in [5, 5.41) is 11.9. The van der Waals surface area contributed by atoms with Gasteiger partial charge in [-0.05, 0) is 51.2 Å². The van der Waals surface area contributed by atoms with Crippen molar-refractivity contribution in [1.82, 2.24) is 5.32 Å². The van der Waals surface area contributed by atoms with E-state index in [0.717, 1.165) is 23.5 Å². The Balaban J connectivity index is 1.93. The van der Waals surface area contributed by atoms with Crippen LogP contribution in [-0.4, -0.2) is 23.6 Å². The molecule has 0 aliphatic heterocycles. The fraction of sp³-hybridized carbons (Fsp3) is 0.556. The number of carboxylic acids is 1. The molecule has 1 aliphatic carbocycles. The van der Waals surface area contributed by atoms with Gasteiger partial charge in [0.2, 0.25) is 5.91 Å². The largest absolute Gasteiger partial charge is 0.493 e. The fourth-order valence-electron chi connectivity index (χ4n) is 2.17. The predicted molar refractivity (Wildman–Crippen MR) is 87.3 cm³/mol. The molecule has 1 saturated carbocycles. The molecule has 5 heteroatoms. The summed E-state index contributed by atoms with van der Waals surface area (Å²) in [7, 11) is 0. The maximum Gasteiger partial charge on any atom is 0.309 e. The summed E-state index contributed by atoms with van der Waals surface area (Å²) in [6, 6.07) is 5.90. The predicted octanol–water partition coefficient (Wildman–Crippen LogP) is 2.90. The second-order valence-corrected chi connectivity index (χ2v) is 7.01. The summed E-state index contributed by atoms with van der Waals surface area (Å²) in [6.45, 7) is 6.16. The standard InChI is InChI=1S/C18H25NO4/c1-12-4-7-14(15(8-12)23-11-13-5-6-13)10-19-16(20)9-18(2,3)17(21)22/h4,7-8,13H,5-6,9-11H2,1-3H3,(H,19,20)(H,21,22). The van der Waals surface area contributed by atoms with Crippen LogP contribution < -0.4 is 10.1 Å². The zero-order chi connectivity index (χ0) is 17.0. The number of carbonyl (C=O) groups excluding carboxylic acids is 1. The Bertz CT molecular complexity index is 591. The van der Waals surface area contributed by atoms with Crippen molar-refractivity contribution < 1.29 is 19.4 Å². The number of benzene rings is 1. The molecule has 0 heterocycles. The van der Waals surface area contributed by atoms with Crippen molar-refractivity contribution in [3.8, 4) is 5.75 Å². The normalized spacial score (nSPS) is 14.4. The van der Waals surface area contributed by atoms with Gasteiger partial charge >= 0.3 is 5.97 Å². The molecule has 1 aromatic carbocycles. The highest BCUT2D eigenvalue weighted by molar-refractivity contribution is 5.84. The molecule has 1 aliphatic rings. The summed E-state index contributed by atoms with van der Waals surface area (Å²) in [5.74, 6) is 0.214. The average Bonchev–Trinajstić information content (AvgIpc) is 3.27. The first-order valence-corrected chi connectivity index (χ1v) is 8.00. The summed E-state index contributed by atoms with van der Waals surface area (Å²) < 4.78 is 5.87. The smallest absolute Gasteiger partial charge is 0.309 e. The van der Waals surface area contributed by atoms with E-state index in [-0.39, 0.29) is 12.3 Å². The van der Waals surface area contributed by atoms with E-state index in [1.54, 1.807) is 13.8 Å². The van der Waals surface area contributed by atoms with Crippen LogP contribution in [0, 0.1) is 18.3 Å². The molecule has 0 bridgehead atoms. The number of aryl methyl sites for hydroxylation is 1. The number of nitrogens with one attached hydrogen (secondary N) is 1. The third-order valence-corrected chi connectivity index (χ3v) is 4.05. The van der Waals surface area contributed by atoms with Gasteiger partial charge < -0.3 is 15.2 Å². The highest BCUT2D eigenvalue weighted by Crippen LogP contribution is 2.30. The molecule has 2 N–H and O–H groups in total. The summed E-state index contributed by atoms with van der Waals surface area (Å²) >= 11 is 0. The lowest BCUT2D eigenvalue weighted by Gasteiger charge is -2.19. The Kier molecular flexibility index (Phi) is 5.29. The Labute approximate surface area is 137 Å². The number of hydrogen-bond acceptors (Lipinski definition) is 3. The van der Waals surface area contributed by atoms with E-state index in [0.29, 0.717) is 12.5 Å². The van der Waals surface area contributed by atoms with Crippen molar-refractivity contribution in [2.24, 2.45) is 11.3 Å². The molecule has 0 saturated heterocycles. The van der Waals surface area contributed by atoms with Crippen molar-refractivity contribution in [1.29, 1.82) is 0 Å². The van der Waals surface area contributed by atoms with Gasteiger partial charge in [0.1, 0.15) is 5.75 Å². The van der Waals surface area contributed by atoms with Gasteiger partial charge in [-0.25, -0.2) is 0 Å². The van der Waals surface area contributed by atoms with Crippen molar-refractivity contribution >= 4 is 11.9 Å². The number of rotatable bonds is 8. The molecule has 23 heavy (non-hydrogen) atoms. The highest BCUT2D eigenvalue weighted by atomic mass is 16.5. The van der Waals surface area contributed by atoms with Crippen molar-refractivity contribution in [3.63, 3.8) is 0 Å². The van der Waals surface area contributed by atoms with Crippen LogP contribution in [-0.2, 0) is 16.1 Å². The number of aliphatic carboxylic acids is 1. The summed E-state index contributed by atoms with van der Waals surface area (Å²) in [6.07, 6.45) is 2.40. The second-order valence-electron chi connectivity index (χ2n) is 7.01. The number of ether oxygens (including phenoxy) is 1. The zero-order valence-electron chi connectivity index (χ0n) is 14.0. The molecule has 2 rings (SSSR count). The van der Waals surface area contributed by atoms with E-state index in [9.17, 15) is 9.59 Å². The molecule has 0 atom stereocenters. The third-order valence-electron chi connectivity index (χ3n) is 4.05. The number of hydrogen-bond donors (Lipinski definition) is 2. The van der Waals surface area contributed by atoms with Crippen LogP contribution in [0.25, 0.3) is 0 Å². The zero-order valence-corrected chi connectivity index (χ0v) is 14.0. The minimum atomic E-state index is -1.07. The number of amides is 1. The topological polar surface area (TPSA) is 75.6 Å². The third kappa shape index (κ3) is 5.27. The minimum Gasteiger partial charge on any atom is -0.493 e. The van der Waals surface area contributed by atoms with E-state index < -0.39 is 11.4 Å². The van der Waals surface area contributed by atoms with Gasteiger partial charge in [0.05, 0.1) is 12.0 Å². The van der Waals surface area contributed by atoms with E-state index >= 15 is 0 Å². The van der Waals surface area contributed by atoms with Crippen LogP contribution in [0.1, 0.15) is 44.2 Å². The monoisotopic (exact) mass is 319 g/mol. The van der Waals surface area contributed by atoms with Gasteiger partial charge in [-0.3, -0.25) is 9.59 Å². The summed E-state index contributed by atoms with van der Waals surface area (Å²) in [5.41, 5.74) is 0.957. The van der Waals surface area contributed by atoms with Crippen LogP contribution in [0.3, 0.4) is 0 Å². The quantitative estimate of drug-likeness (QED) is 0.772. The van der Waals surface area contributed by atoms with E-state index in [1.807, 2.05) is 25.1 Å². The Morgan fingerprint density at radius 1 is 1.35 bits per heavy atom. The molecule has 1 fully saturated rings. The van der Waals surface area contributed by atoms with Gasteiger partial charge in [-0.15, -0.1) is 0 Å². The first-order chi connectivity index (χ1) is 10.8. The van der Waals surface area contributed by atoms with Crippen molar-refractivity contribution in [3.05, 3.63) is 29.3 Å². The fourth-order valence-corrected chi connectivity index (χ4v) is 2.17. The summed E-state index contributed by atoms with van der Waals surface area (Å²) in [4.78, 5) is 23.1. The number of carbonyl (C=O) groups is 2. The van der Waals surface area contributed by atoms with Gasteiger partial charge in [0.15, 0.2) is 0 Å². The molecule has 5 nitrogen and oxygen atoms in total.